The molecule has 0 radical (unpaired) electrons. The highest BCUT2D eigenvalue weighted by Crippen LogP contribution is 2.37. The Hall–Kier alpha value is -2.00. The van der Waals surface area contributed by atoms with Gasteiger partial charge < -0.3 is 14.7 Å². The van der Waals surface area contributed by atoms with Gasteiger partial charge in [-0.3, -0.25) is 0 Å². The van der Waals surface area contributed by atoms with Crippen LogP contribution >= 0.6 is 0 Å². The minimum absolute atomic E-state index is 0.0851. The van der Waals surface area contributed by atoms with Crippen molar-refractivity contribution in [2.75, 3.05) is 33.3 Å². The molecule has 1 heterocycles. The van der Waals surface area contributed by atoms with Gasteiger partial charge in [-0.05, 0) is 68.1 Å². The summed E-state index contributed by atoms with van der Waals surface area (Å²) in [7, 11) is -1.80. The van der Waals surface area contributed by atoms with E-state index in [4.69, 9.17) is 4.74 Å². The van der Waals surface area contributed by atoms with E-state index in [0.29, 0.717) is 12.3 Å². The number of fused-ring (bicyclic) bond motifs is 1. The van der Waals surface area contributed by atoms with E-state index in [0.717, 1.165) is 23.6 Å². The van der Waals surface area contributed by atoms with Crippen LogP contribution in [-0.4, -0.2) is 68.2 Å². The van der Waals surface area contributed by atoms with E-state index < -0.39 is 16.1 Å². The molecule has 8 heteroatoms. The third-order valence-electron chi connectivity index (χ3n) is 6.60. The molecule has 0 saturated heterocycles. The standard InChI is InChI=1S/C25H33FN2O4S/c1-17-13-28(18(2)16-29)33(30,31)25-11-8-21(20-6-9-22(26)10-7-20)12-23(25)32-24(17)15-27(3)14-19-4-5-19/h6-12,17-19,24,29H,4-5,13-16H2,1-3H3/t17-,18-,24-/m0/s1. The van der Waals surface area contributed by atoms with E-state index in [-0.39, 0.29) is 35.9 Å². The lowest BCUT2D eigenvalue weighted by Crippen LogP contribution is -2.49. The Kier molecular flexibility index (Phi) is 7.09. The first-order chi connectivity index (χ1) is 15.7. The largest absolute Gasteiger partial charge is 0.487 e. The fourth-order valence-corrected chi connectivity index (χ4v) is 6.21. The lowest BCUT2D eigenvalue weighted by molar-refractivity contribution is 0.0741. The molecule has 2 aromatic rings. The summed E-state index contributed by atoms with van der Waals surface area (Å²) >= 11 is 0. The Balaban J connectivity index is 1.74. The maximum absolute atomic E-state index is 13.6. The Morgan fingerprint density at radius 1 is 1.15 bits per heavy atom. The zero-order valence-corrected chi connectivity index (χ0v) is 20.3. The number of ether oxygens (including phenoxy) is 1. The molecule has 0 bridgehead atoms. The monoisotopic (exact) mass is 476 g/mol. The second-order valence-corrected chi connectivity index (χ2v) is 11.4. The first-order valence-corrected chi connectivity index (χ1v) is 13.0. The Morgan fingerprint density at radius 2 is 1.82 bits per heavy atom. The molecule has 0 amide bonds. The van der Waals surface area contributed by atoms with Crippen molar-refractivity contribution in [3.8, 4) is 16.9 Å². The minimum Gasteiger partial charge on any atom is -0.487 e. The maximum Gasteiger partial charge on any atom is 0.247 e. The van der Waals surface area contributed by atoms with Gasteiger partial charge in [-0.15, -0.1) is 0 Å². The highest BCUT2D eigenvalue weighted by Gasteiger charge is 2.38. The number of aliphatic hydroxyl groups excluding tert-OH is 1. The van der Waals surface area contributed by atoms with Crippen molar-refractivity contribution in [3.05, 3.63) is 48.3 Å². The summed E-state index contributed by atoms with van der Waals surface area (Å²) in [5.74, 6) is 0.619. The van der Waals surface area contributed by atoms with Crippen molar-refractivity contribution >= 4 is 10.0 Å². The van der Waals surface area contributed by atoms with Crippen LogP contribution in [-0.2, 0) is 10.0 Å². The summed E-state index contributed by atoms with van der Waals surface area (Å²) in [6, 6.07) is 10.5. The quantitative estimate of drug-likeness (QED) is 0.661. The number of hydrogen-bond acceptors (Lipinski definition) is 5. The summed E-state index contributed by atoms with van der Waals surface area (Å²) in [6.07, 6.45) is 2.30. The third-order valence-corrected chi connectivity index (χ3v) is 8.62. The highest BCUT2D eigenvalue weighted by atomic mass is 32.2. The van der Waals surface area contributed by atoms with Gasteiger partial charge >= 0.3 is 0 Å². The van der Waals surface area contributed by atoms with Crippen LogP contribution in [0.5, 0.6) is 5.75 Å². The molecule has 33 heavy (non-hydrogen) atoms. The topological polar surface area (TPSA) is 70.1 Å². The molecule has 1 saturated carbocycles. The fraction of sp³-hybridized carbons (Fsp3) is 0.520. The van der Waals surface area contributed by atoms with E-state index in [1.807, 2.05) is 6.92 Å². The Labute approximate surface area is 196 Å². The summed E-state index contributed by atoms with van der Waals surface area (Å²) in [4.78, 5) is 2.36. The van der Waals surface area contributed by atoms with Gasteiger partial charge in [0, 0.05) is 31.6 Å². The molecule has 2 aliphatic rings. The van der Waals surface area contributed by atoms with Crippen LogP contribution in [0.15, 0.2) is 47.4 Å². The predicted octanol–water partition coefficient (Wildman–Crippen LogP) is 3.60. The van der Waals surface area contributed by atoms with Gasteiger partial charge in [0.05, 0.1) is 6.61 Å². The van der Waals surface area contributed by atoms with Gasteiger partial charge in [-0.1, -0.05) is 25.1 Å². The summed E-state index contributed by atoms with van der Waals surface area (Å²) in [5, 5.41) is 9.77. The van der Waals surface area contributed by atoms with Crippen LogP contribution in [0.1, 0.15) is 26.7 Å². The number of halogens is 1. The molecule has 180 valence electrons. The van der Waals surface area contributed by atoms with Crippen LogP contribution in [0, 0.1) is 17.7 Å². The number of nitrogens with zero attached hydrogens (tertiary/aromatic N) is 2. The van der Waals surface area contributed by atoms with Crippen molar-refractivity contribution in [1.82, 2.24) is 9.21 Å². The molecule has 0 spiro atoms. The smallest absolute Gasteiger partial charge is 0.247 e. The van der Waals surface area contributed by atoms with Gasteiger partial charge in [0.1, 0.15) is 22.6 Å². The molecule has 6 nitrogen and oxygen atoms in total. The molecule has 1 aliphatic heterocycles. The highest BCUT2D eigenvalue weighted by molar-refractivity contribution is 7.89. The van der Waals surface area contributed by atoms with Crippen molar-refractivity contribution in [1.29, 1.82) is 0 Å². The molecular formula is C25H33FN2O4S. The van der Waals surface area contributed by atoms with Gasteiger partial charge in [0.2, 0.25) is 10.0 Å². The molecule has 3 atom stereocenters. The van der Waals surface area contributed by atoms with Crippen LogP contribution in [0.2, 0.25) is 0 Å². The average Bonchev–Trinajstić information content (AvgIpc) is 3.59. The number of rotatable bonds is 7. The SMILES string of the molecule is C[C@H]1CN([C@@H](C)CO)S(=O)(=O)c2ccc(-c3ccc(F)cc3)cc2O[C@H]1CN(C)CC1CC1. The van der Waals surface area contributed by atoms with Crippen molar-refractivity contribution in [3.63, 3.8) is 0 Å². The predicted molar refractivity (Wildman–Crippen MR) is 126 cm³/mol. The maximum atomic E-state index is 13.6. The van der Waals surface area contributed by atoms with Crippen molar-refractivity contribution in [2.24, 2.45) is 11.8 Å². The number of likely N-dealkylation sites (N-methyl/N-ethyl adjacent to an activating group) is 1. The minimum atomic E-state index is -3.88. The van der Waals surface area contributed by atoms with Crippen LogP contribution in [0.4, 0.5) is 4.39 Å². The summed E-state index contributed by atoms with van der Waals surface area (Å²) < 4.78 is 48.4. The number of hydrogen-bond donors (Lipinski definition) is 1. The van der Waals surface area contributed by atoms with Crippen LogP contribution < -0.4 is 4.74 Å². The fourth-order valence-electron chi connectivity index (χ4n) is 4.39. The van der Waals surface area contributed by atoms with E-state index in [9.17, 15) is 17.9 Å². The molecule has 1 fully saturated rings. The Bertz CT molecular complexity index is 1070. The molecule has 2 aromatic carbocycles. The van der Waals surface area contributed by atoms with E-state index in [2.05, 4.69) is 11.9 Å². The van der Waals surface area contributed by atoms with Gasteiger partial charge in [-0.25, -0.2) is 12.8 Å². The zero-order chi connectivity index (χ0) is 23.8. The molecule has 0 aromatic heterocycles. The Morgan fingerprint density at radius 3 is 2.45 bits per heavy atom. The molecule has 1 N–H and O–H groups in total. The molecule has 4 rings (SSSR count). The lowest BCUT2D eigenvalue weighted by atomic mass is 10.0. The van der Waals surface area contributed by atoms with E-state index in [1.54, 1.807) is 37.3 Å². The molecular weight excluding hydrogens is 443 g/mol. The first-order valence-electron chi connectivity index (χ1n) is 11.6. The molecule has 1 aliphatic carbocycles. The average molecular weight is 477 g/mol. The molecule has 0 unspecified atom stereocenters. The summed E-state index contributed by atoms with van der Waals surface area (Å²) in [6.45, 7) is 5.40. The lowest BCUT2D eigenvalue weighted by Gasteiger charge is -2.37. The second-order valence-electron chi connectivity index (χ2n) is 9.57. The van der Waals surface area contributed by atoms with Crippen molar-refractivity contribution in [2.45, 2.75) is 43.7 Å². The van der Waals surface area contributed by atoms with Gasteiger partial charge in [-0.2, -0.15) is 4.31 Å². The zero-order valence-electron chi connectivity index (χ0n) is 19.4. The van der Waals surface area contributed by atoms with Gasteiger partial charge in [0.25, 0.3) is 0 Å². The summed E-state index contributed by atoms with van der Waals surface area (Å²) in [5.41, 5.74) is 1.53. The van der Waals surface area contributed by atoms with Crippen LogP contribution in [0.25, 0.3) is 11.1 Å². The normalized spacial score (nSPS) is 23.9. The van der Waals surface area contributed by atoms with E-state index in [1.165, 1.54) is 29.3 Å². The van der Waals surface area contributed by atoms with Crippen LogP contribution in [0.3, 0.4) is 0 Å². The first kappa shape index (κ1) is 24.1. The second kappa shape index (κ2) is 9.70. The van der Waals surface area contributed by atoms with E-state index >= 15 is 0 Å². The van der Waals surface area contributed by atoms with Crippen molar-refractivity contribution < 1.29 is 22.7 Å². The van der Waals surface area contributed by atoms with Gasteiger partial charge in [0.15, 0.2) is 0 Å². The number of benzene rings is 2. The number of aliphatic hydroxyl groups is 1. The third kappa shape index (κ3) is 5.40. The number of sulfonamides is 1.